The first-order chi connectivity index (χ1) is 23.4. The topological polar surface area (TPSA) is 88.5 Å². The number of halogens is 2. The number of aliphatic hydroxyl groups excluding tert-OH is 1. The third kappa shape index (κ3) is 4.70. The Morgan fingerprint density at radius 2 is 1.50 bits per heavy atom. The maximum Gasteiger partial charge on any atom is 0.410 e. The molecule has 2 amide bonds. The zero-order valence-electron chi connectivity index (χ0n) is 31.5. The van der Waals surface area contributed by atoms with Gasteiger partial charge in [-0.1, -0.05) is 48.5 Å². The number of carbonyl (C=O) groups is 2. The number of alkyl halides is 2. The second kappa shape index (κ2) is 11.4. The molecule has 8 fully saturated rings. The predicted octanol–water partition coefficient (Wildman–Crippen LogP) is 7.90. The van der Waals surface area contributed by atoms with E-state index in [1.807, 2.05) is 0 Å². The number of hydrogen-bond donors (Lipinski definition) is 1. The molecule has 2 spiro atoms. The van der Waals surface area contributed by atoms with Gasteiger partial charge in [0.05, 0.1) is 18.3 Å². The molecule has 1 N–H and O–H groups in total. The van der Waals surface area contributed by atoms with Crippen molar-refractivity contribution in [3.05, 3.63) is 0 Å². The molecule has 3 aliphatic heterocycles. The number of rotatable bonds is 4. The number of ether oxygens (including phenoxy) is 3. The molecule has 4 unspecified atom stereocenters. The number of nitrogens with zero attached hydrogens (tertiary/aromatic N) is 2. The molecule has 13 atom stereocenters. The Labute approximate surface area is 297 Å². The minimum atomic E-state index is -2.70. The van der Waals surface area contributed by atoms with Gasteiger partial charge in [0.15, 0.2) is 0 Å². The van der Waals surface area contributed by atoms with E-state index in [9.17, 15) is 23.5 Å². The van der Waals surface area contributed by atoms with Crippen molar-refractivity contribution < 1.29 is 37.7 Å². The molecule has 0 bridgehead atoms. The van der Waals surface area contributed by atoms with Gasteiger partial charge in [0.2, 0.25) is 0 Å². The van der Waals surface area contributed by atoms with Crippen molar-refractivity contribution in [1.29, 1.82) is 0 Å². The van der Waals surface area contributed by atoms with Crippen molar-refractivity contribution >= 4 is 12.2 Å². The number of likely N-dealkylation sites (tertiary alicyclic amines) is 2. The zero-order chi connectivity index (χ0) is 35.8. The lowest BCUT2D eigenvalue weighted by molar-refractivity contribution is -0.186. The third-order valence-electron chi connectivity index (χ3n) is 17.1. The van der Waals surface area contributed by atoms with E-state index in [2.05, 4.69) is 48.5 Å². The number of fused-ring (bicyclic) bond motifs is 4. The Morgan fingerprint density at radius 1 is 0.860 bits per heavy atom. The summed E-state index contributed by atoms with van der Waals surface area (Å²) in [4.78, 5) is 29.4. The summed E-state index contributed by atoms with van der Waals surface area (Å²) < 4.78 is 46.9. The fourth-order valence-corrected chi connectivity index (χ4v) is 14.3. The van der Waals surface area contributed by atoms with Gasteiger partial charge in [-0.05, 0) is 104 Å². The molecule has 0 aromatic heterocycles. The average Bonchev–Trinajstić information content (AvgIpc) is 3.64. The van der Waals surface area contributed by atoms with Gasteiger partial charge in [0.25, 0.3) is 5.92 Å². The molecule has 8 aliphatic rings. The van der Waals surface area contributed by atoms with Crippen molar-refractivity contribution in [2.45, 2.75) is 156 Å². The Morgan fingerprint density at radius 3 is 2.14 bits per heavy atom. The van der Waals surface area contributed by atoms with Crippen molar-refractivity contribution in [2.24, 2.45) is 56.7 Å². The van der Waals surface area contributed by atoms with Crippen LogP contribution in [0, 0.1) is 56.7 Å². The second-order valence-electron chi connectivity index (χ2n) is 19.7. The van der Waals surface area contributed by atoms with Crippen molar-refractivity contribution in [3.8, 4) is 0 Å². The second-order valence-corrected chi connectivity index (χ2v) is 19.7. The van der Waals surface area contributed by atoms with Crippen LogP contribution in [0.5, 0.6) is 0 Å². The first-order valence-corrected chi connectivity index (χ1v) is 20.0. The van der Waals surface area contributed by atoms with Crippen LogP contribution in [0.4, 0.5) is 18.4 Å². The van der Waals surface area contributed by atoms with E-state index in [0.29, 0.717) is 17.8 Å². The number of hydrogen-bond acceptors (Lipinski definition) is 6. The smallest absolute Gasteiger partial charge is 0.410 e. The lowest BCUT2D eigenvalue weighted by atomic mass is 9.41. The summed E-state index contributed by atoms with van der Waals surface area (Å²) in [6, 6.07) is 0. The molecular weight excluding hydrogens is 642 g/mol. The molecule has 3 saturated heterocycles. The molecule has 3 heterocycles. The molecule has 10 heteroatoms. The van der Waals surface area contributed by atoms with Crippen LogP contribution in [0.2, 0.25) is 0 Å². The van der Waals surface area contributed by atoms with Crippen LogP contribution in [-0.2, 0) is 14.2 Å². The van der Waals surface area contributed by atoms with Gasteiger partial charge < -0.3 is 29.1 Å². The molecular formula is C40H62F2N2O6. The lowest BCUT2D eigenvalue weighted by Gasteiger charge is -2.63. The summed E-state index contributed by atoms with van der Waals surface area (Å²) in [5, 5.41) is 12.6. The number of carbonyl (C=O) groups excluding carboxylic acids is 2. The number of aliphatic hydroxyl groups is 1. The highest BCUT2D eigenvalue weighted by molar-refractivity contribution is 5.69. The summed E-state index contributed by atoms with van der Waals surface area (Å²) in [5.74, 6) is -1.23. The summed E-state index contributed by atoms with van der Waals surface area (Å²) in [6.07, 6.45) is 6.16. The van der Waals surface area contributed by atoms with E-state index in [1.165, 1.54) is 11.3 Å². The van der Waals surface area contributed by atoms with E-state index in [4.69, 9.17) is 14.2 Å². The first kappa shape index (κ1) is 35.4. The van der Waals surface area contributed by atoms with E-state index >= 15 is 0 Å². The fourth-order valence-electron chi connectivity index (χ4n) is 14.3. The van der Waals surface area contributed by atoms with Gasteiger partial charge in [0, 0.05) is 49.9 Å². The highest BCUT2D eigenvalue weighted by Gasteiger charge is 2.84. The minimum absolute atomic E-state index is 0.0454. The maximum atomic E-state index is 13.8. The van der Waals surface area contributed by atoms with Crippen LogP contribution < -0.4 is 0 Å². The summed E-state index contributed by atoms with van der Waals surface area (Å²) in [7, 11) is 0. The van der Waals surface area contributed by atoms with Crippen LogP contribution in [0.1, 0.15) is 119 Å². The first-order valence-electron chi connectivity index (χ1n) is 20.0. The molecule has 0 aromatic rings. The average molecular weight is 705 g/mol. The monoisotopic (exact) mass is 704 g/mol. The molecule has 0 aromatic carbocycles. The van der Waals surface area contributed by atoms with E-state index in [0.717, 1.165) is 64.5 Å². The summed E-state index contributed by atoms with van der Waals surface area (Å²) in [6.45, 7) is 17.5. The number of piperidine rings is 1. The Hall–Kier alpha value is -1.68. The maximum absolute atomic E-state index is 13.8. The Bertz CT molecular complexity index is 1380. The van der Waals surface area contributed by atoms with Crippen LogP contribution in [0.3, 0.4) is 0 Å². The summed E-state index contributed by atoms with van der Waals surface area (Å²) >= 11 is 0. The van der Waals surface area contributed by atoms with Crippen LogP contribution in [-0.4, -0.2) is 89.7 Å². The van der Waals surface area contributed by atoms with E-state index in [1.54, 1.807) is 4.90 Å². The number of amides is 2. The third-order valence-corrected chi connectivity index (χ3v) is 17.1. The highest BCUT2D eigenvalue weighted by atomic mass is 19.3. The molecule has 50 heavy (non-hydrogen) atoms. The highest BCUT2D eigenvalue weighted by Crippen LogP contribution is 2.89. The van der Waals surface area contributed by atoms with E-state index < -0.39 is 18.1 Å². The Balaban J connectivity index is 1.01. The van der Waals surface area contributed by atoms with E-state index in [-0.39, 0.29) is 95.4 Å². The molecule has 8 rings (SSSR count). The summed E-state index contributed by atoms with van der Waals surface area (Å²) in [5.41, 5.74) is -0.252. The van der Waals surface area contributed by atoms with Gasteiger partial charge in [-0.2, -0.15) is 0 Å². The Kier molecular flexibility index (Phi) is 8.07. The molecule has 8 nitrogen and oxygen atoms in total. The standard InChI is InChI=1S/C40H62F2N2O6/c1-23(2)30(50-34(47)43-17-8-18-43)25-21-24(3)29-31(48-25)32(45)37(7)27-10-9-26-35(4,5)28(49-33(46)44-19-15-40(41,42)16-20-44)11-12-38(26)22-39(27,38)14-13-36(29,37)6/h23-32,45H,8-22H2,1-7H3/t24-,25?,26+,27?,28?,29+,30-,31?,32+,36-,37-,38-,39+/m1/s1. The van der Waals surface area contributed by atoms with Gasteiger partial charge in [-0.15, -0.1) is 0 Å². The van der Waals surface area contributed by atoms with Crippen molar-refractivity contribution in [2.75, 3.05) is 26.2 Å². The zero-order valence-corrected chi connectivity index (χ0v) is 31.5. The van der Waals surface area contributed by atoms with Gasteiger partial charge in [-0.3, -0.25) is 0 Å². The van der Waals surface area contributed by atoms with Crippen molar-refractivity contribution in [3.63, 3.8) is 0 Å². The predicted molar refractivity (Wildman–Crippen MR) is 183 cm³/mol. The largest absolute Gasteiger partial charge is 0.446 e. The molecule has 5 saturated carbocycles. The van der Waals surface area contributed by atoms with Crippen LogP contribution in [0.25, 0.3) is 0 Å². The fraction of sp³-hybridized carbons (Fsp3) is 0.950. The van der Waals surface area contributed by atoms with Crippen LogP contribution in [0.15, 0.2) is 0 Å². The van der Waals surface area contributed by atoms with Crippen molar-refractivity contribution in [1.82, 2.24) is 9.80 Å². The minimum Gasteiger partial charge on any atom is -0.446 e. The van der Waals surface area contributed by atoms with Gasteiger partial charge in [0.1, 0.15) is 12.2 Å². The van der Waals surface area contributed by atoms with Crippen LogP contribution >= 0.6 is 0 Å². The molecule has 0 radical (unpaired) electrons. The SMILES string of the molecule is CC(C)[C@@H](OC(=O)N1CCC1)C1C[C@@H](C)[C@H]2C(O1)[C@H](O)[C@@]1(C)C3CC[C@H]4C(C)(C)C(OC(=O)N5CCC(F)(F)CC5)CC[C@@]45C[C@@]35CC[C@]21C. The molecule has 282 valence electrons. The lowest BCUT2D eigenvalue weighted by Crippen LogP contribution is -2.60. The van der Waals surface area contributed by atoms with Gasteiger partial charge >= 0.3 is 12.2 Å². The molecule has 5 aliphatic carbocycles. The normalized spacial score (nSPS) is 48.9. The van der Waals surface area contributed by atoms with Gasteiger partial charge in [-0.25, -0.2) is 18.4 Å². The quantitative estimate of drug-likeness (QED) is 0.320.